The zero-order valence-electron chi connectivity index (χ0n) is 13.4. The fraction of sp³-hybridized carbons (Fsp3) is 0.235. The van der Waals surface area contributed by atoms with Gasteiger partial charge in [0.2, 0.25) is 15.9 Å². The van der Waals surface area contributed by atoms with Crippen LogP contribution in [0.4, 0.5) is 5.69 Å². The van der Waals surface area contributed by atoms with Crippen molar-refractivity contribution in [1.82, 2.24) is 4.72 Å². The summed E-state index contributed by atoms with van der Waals surface area (Å²) in [6.07, 6.45) is 0.913. The predicted octanol–water partition coefficient (Wildman–Crippen LogP) is 2.39. The highest BCUT2D eigenvalue weighted by atomic mass is 32.2. The number of para-hydroxylation sites is 1. The smallest absolute Gasteiger partial charge is 0.240 e. The minimum absolute atomic E-state index is 0.143. The second kappa shape index (κ2) is 8.47. The first-order valence-corrected chi connectivity index (χ1v) is 9.01. The second-order valence-electron chi connectivity index (χ2n) is 5.05. The summed E-state index contributed by atoms with van der Waals surface area (Å²) in [4.78, 5) is 12.0. The van der Waals surface area contributed by atoms with Crippen molar-refractivity contribution in [3.8, 4) is 5.75 Å². The summed E-state index contributed by atoms with van der Waals surface area (Å²) in [6.45, 7) is 0.455. The number of sulfonamides is 1. The highest BCUT2D eigenvalue weighted by molar-refractivity contribution is 7.89. The van der Waals surface area contributed by atoms with Crippen LogP contribution in [0, 0.1) is 0 Å². The van der Waals surface area contributed by atoms with Gasteiger partial charge in [-0.05, 0) is 49.9 Å². The van der Waals surface area contributed by atoms with Gasteiger partial charge in [-0.25, -0.2) is 13.1 Å². The lowest BCUT2D eigenvalue weighted by Crippen LogP contribution is -2.18. The van der Waals surface area contributed by atoms with Crippen LogP contribution in [-0.2, 0) is 14.8 Å². The van der Waals surface area contributed by atoms with Gasteiger partial charge in [-0.1, -0.05) is 18.2 Å². The number of hydrogen-bond acceptors (Lipinski definition) is 4. The van der Waals surface area contributed by atoms with Crippen LogP contribution in [0.15, 0.2) is 59.5 Å². The Labute approximate surface area is 141 Å². The molecule has 0 atom stereocenters. The van der Waals surface area contributed by atoms with Crippen molar-refractivity contribution >= 4 is 21.6 Å². The molecule has 0 saturated heterocycles. The molecular formula is C17H20N2O4S. The Morgan fingerprint density at radius 3 is 2.33 bits per heavy atom. The standard InChI is InChI=1S/C17H20N2O4S/c1-18-24(21,22)16-11-9-14(10-12-16)19-17(20)8-5-13-23-15-6-3-2-4-7-15/h2-4,6-7,9-12,18H,5,8,13H2,1H3,(H,19,20). The number of carbonyl (C=O) groups is 1. The monoisotopic (exact) mass is 348 g/mol. The summed E-state index contributed by atoms with van der Waals surface area (Å²) in [5, 5.41) is 2.73. The molecule has 0 heterocycles. The van der Waals surface area contributed by atoms with E-state index in [9.17, 15) is 13.2 Å². The van der Waals surface area contributed by atoms with Gasteiger partial charge >= 0.3 is 0 Å². The number of ether oxygens (including phenoxy) is 1. The van der Waals surface area contributed by atoms with Crippen LogP contribution in [0.5, 0.6) is 5.75 Å². The molecule has 0 aliphatic rings. The number of carbonyl (C=O) groups excluding carboxylic acids is 1. The molecule has 0 bridgehead atoms. The van der Waals surface area contributed by atoms with Crippen molar-refractivity contribution < 1.29 is 17.9 Å². The van der Waals surface area contributed by atoms with E-state index in [0.717, 1.165) is 5.75 Å². The Morgan fingerprint density at radius 2 is 1.71 bits per heavy atom. The Hall–Kier alpha value is -2.38. The Balaban J connectivity index is 1.76. The van der Waals surface area contributed by atoms with Gasteiger partial charge in [-0.2, -0.15) is 0 Å². The summed E-state index contributed by atoms with van der Waals surface area (Å²) in [5.41, 5.74) is 0.555. The number of rotatable bonds is 8. The lowest BCUT2D eigenvalue weighted by atomic mass is 10.2. The molecule has 6 nitrogen and oxygen atoms in total. The molecule has 7 heteroatoms. The molecule has 128 valence electrons. The van der Waals surface area contributed by atoms with Crippen LogP contribution >= 0.6 is 0 Å². The zero-order chi connectivity index (χ0) is 17.4. The second-order valence-corrected chi connectivity index (χ2v) is 6.93. The van der Waals surface area contributed by atoms with Gasteiger partial charge in [-0.15, -0.1) is 0 Å². The van der Waals surface area contributed by atoms with Crippen molar-refractivity contribution in [1.29, 1.82) is 0 Å². The highest BCUT2D eigenvalue weighted by Crippen LogP contribution is 2.14. The summed E-state index contributed by atoms with van der Waals surface area (Å²) in [7, 11) is -2.12. The average molecular weight is 348 g/mol. The van der Waals surface area contributed by atoms with Crippen molar-refractivity contribution in [3.63, 3.8) is 0 Å². The third-order valence-electron chi connectivity index (χ3n) is 3.28. The third kappa shape index (κ3) is 5.36. The van der Waals surface area contributed by atoms with E-state index >= 15 is 0 Å². The van der Waals surface area contributed by atoms with Crippen LogP contribution in [0.1, 0.15) is 12.8 Å². The Bertz CT molecular complexity index is 759. The average Bonchev–Trinajstić information content (AvgIpc) is 2.60. The van der Waals surface area contributed by atoms with E-state index in [4.69, 9.17) is 4.74 Å². The molecule has 2 N–H and O–H groups in total. The maximum absolute atomic E-state index is 11.9. The van der Waals surface area contributed by atoms with Gasteiger partial charge in [0, 0.05) is 12.1 Å². The molecular weight excluding hydrogens is 328 g/mol. The fourth-order valence-electron chi connectivity index (χ4n) is 2.00. The first-order valence-electron chi connectivity index (χ1n) is 7.52. The molecule has 0 unspecified atom stereocenters. The predicted molar refractivity (Wildman–Crippen MR) is 92.5 cm³/mol. The molecule has 2 aromatic carbocycles. The van der Waals surface area contributed by atoms with E-state index in [1.165, 1.54) is 19.2 Å². The maximum atomic E-state index is 11.9. The van der Waals surface area contributed by atoms with Gasteiger partial charge in [0.25, 0.3) is 0 Å². The first kappa shape index (κ1) is 18.0. The number of amides is 1. The van der Waals surface area contributed by atoms with E-state index in [1.807, 2.05) is 30.3 Å². The molecule has 1 amide bonds. The van der Waals surface area contributed by atoms with Crippen molar-refractivity contribution in [2.45, 2.75) is 17.7 Å². The number of anilines is 1. The molecule has 0 saturated carbocycles. The summed E-state index contributed by atoms with van der Waals surface area (Å²) < 4.78 is 31.0. The summed E-state index contributed by atoms with van der Waals surface area (Å²) in [5.74, 6) is 0.634. The normalized spacial score (nSPS) is 11.0. The van der Waals surface area contributed by atoms with E-state index in [-0.39, 0.29) is 10.8 Å². The Kier molecular flexibility index (Phi) is 6.34. The van der Waals surface area contributed by atoms with E-state index in [2.05, 4.69) is 10.0 Å². The van der Waals surface area contributed by atoms with Gasteiger partial charge in [-0.3, -0.25) is 4.79 Å². The maximum Gasteiger partial charge on any atom is 0.240 e. The van der Waals surface area contributed by atoms with Crippen LogP contribution in [0.2, 0.25) is 0 Å². The summed E-state index contributed by atoms with van der Waals surface area (Å²) >= 11 is 0. The SMILES string of the molecule is CNS(=O)(=O)c1ccc(NC(=O)CCCOc2ccccc2)cc1. The number of benzene rings is 2. The van der Waals surface area contributed by atoms with Crippen LogP contribution < -0.4 is 14.8 Å². The van der Waals surface area contributed by atoms with Crippen molar-refractivity contribution in [3.05, 3.63) is 54.6 Å². The van der Waals surface area contributed by atoms with Gasteiger partial charge in [0.15, 0.2) is 0 Å². The zero-order valence-corrected chi connectivity index (χ0v) is 14.2. The minimum atomic E-state index is -3.47. The number of nitrogens with one attached hydrogen (secondary N) is 2. The summed E-state index contributed by atoms with van der Waals surface area (Å²) in [6, 6.07) is 15.4. The number of hydrogen-bond donors (Lipinski definition) is 2. The first-order chi connectivity index (χ1) is 11.5. The molecule has 0 spiro atoms. The van der Waals surface area contributed by atoms with Crippen LogP contribution in [-0.4, -0.2) is 28.0 Å². The van der Waals surface area contributed by atoms with Crippen molar-refractivity contribution in [2.24, 2.45) is 0 Å². The lowest BCUT2D eigenvalue weighted by molar-refractivity contribution is -0.116. The quantitative estimate of drug-likeness (QED) is 0.718. The Morgan fingerprint density at radius 1 is 1.04 bits per heavy atom. The van der Waals surface area contributed by atoms with E-state index < -0.39 is 10.0 Å². The largest absolute Gasteiger partial charge is 0.494 e. The lowest BCUT2D eigenvalue weighted by Gasteiger charge is -2.08. The van der Waals surface area contributed by atoms with E-state index in [0.29, 0.717) is 25.1 Å². The van der Waals surface area contributed by atoms with Crippen LogP contribution in [0.3, 0.4) is 0 Å². The van der Waals surface area contributed by atoms with Crippen molar-refractivity contribution in [2.75, 3.05) is 19.0 Å². The molecule has 0 radical (unpaired) electrons. The molecule has 0 aromatic heterocycles. The molecule has 0 aliphatic carbocycles. The van der Waals surface area contributed by atoms with Crippen LogP contribution in [0.25, 0.3) is 0 Å². The van der Waals surface area contributed by atoms with E-state index in [1.54, 1.807) is 12.1 Å². The van der Waals surface area contributed by atoms with Gasteiger partial charge in [0.1, 0.15) is 5.75 Å². The van der Waals surface area contributed by atoms with Gasteiger partial charge < -0.3 is 10.1 Å². The topological polar surface area (TPSA) is 84.5 Å². The highest BCUT2D eigenvalue weighted by Gasteiger charge is 2.11. The molecule has 24 heavy (non-hydrogen) atoms. The molecule has 0 aliphatic heterocycles. The molecule has 2 rings (SSSR count). The minimum Gasteiger partial charge on any atom is -0.494 e. The van der Waals surface area contributed by atoms with Gasteiger partial charge in [0.05, 0.1) is 11.5 Å². The third-order valence-corrected chi connectivity index (χ3v) is 4.71. The molecule has 0 fully saturated rings. The molecule has 2 aromatic rings. The fourth-order valence-corrected chi connectivity index (χ4v) is 2.73.